The van der Waals surface area contributed by atoms with Crippen molar-refractivity contribution in [3.05, 3.63) is 41.5 Å². The van der Waals surface area contributed by atoms with Crippen molar-refractivity contribution in [3.8, 4) is 0 Å². The minimum atomic E-state index is -1.26. The van der Waals surface area contributed by atoms with Gasteiger partial charge in [-0.15, -0.1) is 0 Å². The molecule has 0 spiro atoms. The summed E-state index contributed by atoms with van der Waals surface area (Å²) >= 11 is 0. The summed E-state index contributed by atoms with van der Waals surface area (Å²) in [7, 11) is 1.20. The molecular weight excluding hydrogens is 264 g/mol. The summed E-state index contributed by atoms with van der Waals surface area (Å²) in [5.41, 5.74) is 1.07. The van der Waals surface area contributed by atoms with Crippen molar-refractivity contribution in [2.45, 2.75) is 18.6 Å². The highest BCUT2D eigenvalue weighted by Crippen LogP contribution is 2.20. The lowest BCUT2D eigenvalue weighted by Gasteiger charge is -2.17. The Balaban J connectivity index is 2.72. The molecule has 108 valence electrons. The second-order valence-corrected chi connectivity index (χ2v) is 4.13. The average Bonchev–Trinajstić information content (AvgIpc) is 2.44. The van der Waals surface area contributed by atoms with E-state index in [0.29, 0.717) is 11.1 Å². The summed E-state index contributed by atoms with van der Waals surface area (Å²) in [6.07, 6.45) is -0.381. The molecule has 0 fully saturated rings. The maximum absolute atomic E-state index is 11.0. The Labute approximate surface area is 115 Å². The molecule has 0 aromatic heterocycles. The van der Waals surface area contributed by atoms with Crippen LogP contribution in [0, 0.1) is 0 Å². The van der Waals surface area contributed by atoms with E-state index in [2.05, 4.69) is 4.74 Å². The molecule has 6 nitrogen and oxygen atoms in total. The van der Waals surface area contributed by atoms with E-state index in [4.69, 9.17) is 5.11 Å². The fourth-order valence-corrected chi connectivity index (χ4v) is 1.56. The topological polar surface area (TPSA) is 104 Å². The van der Waals surface area contributed by atoms with Crippen molar-refractivity contribution in [2.24, 2.45) is 0 Å². The molecule has 1 aromatic carbocycles. The molecule has 0 amide bonds. The zero-order valence-corrected chi connectivity index (χ0v) is 10.9. The fourth-order valence-electron chi connectivity index (χ4n) is 1.56. The molecule has 0 heterocycles. The Bertz CT molecular complexity index is 491. The number of hydrogen-bond donors (Lipinski definition) is 3. The van der Waals surface area contributed by atoms with Crippen LogP contribution in [0.25, 0.3) is 6.08 Å². The van der Waals surface area contributed by atoms with E-state index in [1.807, 2.05) is 0 Å². The Morgan fingerprint density at radius 1 is 1.25 bits per heavy atom. The van der Waals surface area contributed by atoms with Gasteiger partial charge in [-0.2, -0.15) is 0 Å². The molecule has 0 aliphatic heterocycles. The molecule has 2 atom stereocenters. The van der Waals surface area contributed by atoms with Gasteiger partial charge in [-0.05, 0) is 17.2 Å². The molecule has 2 unspecified atom stereocenters. The first kappa shape index (κ1) is 15.9. The van der Waals surface area contributed by atoms with Gasteiger partial charge in [0.2, 0.25) is 0 Å². The van der Waals surface area contributed by atoms with Crippen LogP contribution < -0.4 is 0 Å². The molecular formula is C14H16O6. The maximum Gasteiger partial charge on any atom is 0.328 e. The van der Waals surface area contributed by atoms with Gasteiger partial charge in [0.15, 0.2) is 0 Å². The number of methoxy groups -OCH3 is 1. The number of carbonyl (C=O) groups excluding carboxylic acids is 1. The Morgan fingerprint density at radius 3 is 2.35 bits per heavy atom. The maximum atomic E-state index is 11.0. The first-order valence-corrected chi connectivity index (χ1v) is 5.88. The predicted molar refractivity (Wildman–Crippen MR) is 70.7 cm³/mol. The van der Waals surface area contributed by atoms with Crippen LogP contribution in [-0.4, -0.2) is 40.5 Å². The lowest BCUT2D eigenvalue weighted by molar-refractivity contribution is -0.144. The van der Waals surface area contributed by atoms with E-state index < -0.39 is 24.1 Å². The number of carboxylic acids is 1. The molecule has 3 N–H and O–H groups in total. The minimum absolute atomic E-state index is 0.307. The van der Waals surface area contributed by atoms with E-state index in [1.165, 1.54) is 13.2 Å². The van der Waals surface area contributed by atoms with Crippen LogP contribution in [0.5, 0.6) is 0 Å². The average molecular weight is 280 g/mol. The van der Waals surface area contributed by atoms with Crippen LogP contribution in [0.15, 0.2) is 30.3 Å². The SMILES string of the molecule is COC(=O)CC(O)C(O)c1ccc(/C=C/C(=O)O)cc1. The second-order valence-electron chi connectivity index (χ2n) is 4.13. The van der Waals surface area contributed by atoms with Crippen molar-refractivity contribution in [1.82, 2.24) is 0 Å². The van der Waals surface area contributed by atoms with Crippen molar-refractivity contribution < 1.29 is 29.6 Å². The van der Waals surface area contributed by atoms with Crippen molar-refractivity contribution in [1.29, 1.82) is 0 Å². The summed E-state index contributed by atoms with van der Waals surface area (Å²) in [5, 5.41) is 28.0. The van der Waals surface area contributed by atoms with Gasteiger partial charge in [-0.25, -0.2) is 4.79 Å². The number of benzene rings is 1. The number of aliphatic carboxylic acids is 1. The highest BCUT2D eigenvalue weighted by atomic mass is 16.5. The number of aliphatic hydroxyl groups is 2. The lowest BCUT2D eigenvalue weighted by atomic mass is 10.0. The van der Waals surface area contributed by atoms with Crippen LogP contribution in [0.4, 0.5) is 0 Å². The van der Waals surface area contributed by atoms with Crippen molar-refractivity contribution >= 4 is 18.0 Å². The third-order valence-electron chi connectivity index (χ3n) is 2.66. The number of hydrogen-bond acceptors (Lipinski definition) is 5. The van der Waals surface area contributed by atoms with E-state index in [9.17, 15) is 19.8 Å². The number of carbonyl (C=O) groups is 2. The quantitative estimate of drug-likeness (QED) is 0.524. The van der Waals surface area contributed by atoms with Crippen LogP contribution in [0.1, 0.15) is 23.7 Å². The van der Waals surface area contributed by atoms with Crippen molar-refractivity contribution in [3.63, 3.8) is 0 Å². The van der Waals surface area contributed by atoms with Gasteiger partial charge in [-0.3, -0.25) is 4.79 Å². The molecule has 0 saturated carbocycles. The monoisotopic (exact) mass is 280 g/mol. The third-order valence-corrected chi connectivity index (χ3v) is 2.66. The van der Waals surface area contributed by atoms with Crippen molar-refractivity contribution in [2.75, 3.05) is 7.11 Å². The molecule has 20 heavy (non-hydrogen) atoms. The van der Waals surface area contributed by atoms with Crippen LogP contribution >= 0.6 is 0 Å². The molecule has 1 rings (SSSR count). The molecule has 0 saturated heterocycles. The van der Waals surface area contributed by atoms with E-state index >= 15 is 0 Å². The smallest absolute Gasteiger partial charge is 0.328 e. The standard InChI is InChI=1S/C14H16O6/c1-20-13(18)8-11(15)14(19)10-5-2-9(3-6-10)4-7-12(16)17/h2-7,11,14-15,19H,8H2,1H3,(H,16,17)/b7-4+. The molecule has 6 heteroatoms. The molecule has 0 bridgehead atoms. The van der Waals surface area contributed by atoms with Gasteiger partial charge >= 0.3 is 11.9 Å². The van der Waals surface area contributed by atoms with Crippen LogP contribution in [0.2, 0.25) is 0 Å². The van der Waals surface area contributed by atoms with Crippen LogP contribution in [0.3, 0.4) is 0 Å². The summed E-state index contributed by atoms with van der Waals surface area (Å²) < 4.78 is 4.41. The van der Waals surface area contributed by atoms with Crippen LogP contribution in [-0.2, 0) is 14.3 Å². The number of aliphatic hydroxyl groups excluding tert-OH is 2. The third kappa shape index (κ3) is 4.83. The summed E-state index contributed by atoms with van der Waals surface area (Å²) in [6.45, 7) is 0. The molecule has 0 radical (unpaired) electrons. The van der Waals surface area contributed by atoms with Gasteiger partial charge in [-0.1, -0.05) is 24.3 Å². The van der Waals surface area contributed by atoms with E-state index in [1.54, 1.807) is 24.3 Å². The molecule has 1 aromatic rings. The van der Waals surface area contributed by atoms with Gasteiger partial charge in [0.25, 0.3) is 0 Å². The zero-order chi connectivity index (χ0) is 15.1. The van der Waals surface area contributed by atoms with E-state index in [0.717, 1.165) is 6.08 Å². The highest BCUT2D eigenvalue weighted by Gasteiger charge is 2.21. The predicted octanol–water partition coefficient (Wildman–Crippen LogP) is 0.742. The van der Waals surface area contributed by atoms with E-state index in [-0.39, 0.29) is 6.42 Å². The summed E-state index contributed by atoms with van der Waals surface area (Å²) in [6, 6.07) is 6.30. The lowest BCUT2D eigenvalue weighted by Crippen LogP contribution is -2.22. The minimum Gasteiger partial charge on any atom is -0.478 e. The first-order chi connectivity index (χ1) is 9.43. The van der Waals surface area contributed by atoms with Gasteiger partial charge < -0.3 is 20.1 Å². The van der Waals surface area contributed by atoms with Gasteiger partial charge in [0.05, 0.1) is 19.6 Å². The Morgan fingerprint density at radius 2 is 1.85 bits per heavy atom. The Kier molecular flexibility index (Phi) is 5.89. The normalized spacial score (nSPS) is 13.9. The molecule has 0 aliphatic carbocycles. The largest absolute Gasteiger partial charge is 0.478 e. The number of esters is 1. The summed E-state index contributed by atoms with van der Waals surface area (Å²) in [5.74, 6) is -1.67. The van der Waals surface area contributed by atoms with Gasteiger partial charge in [0.1, 0.15) is 6.10 Å². The Hall–Kier alpha value is -2.18. The number of carboxylic acid groups (broad SMARTS) is 1. The first-order valence-electron chi connectivity index (χ1n) is 5.88. The van der Waals surface area contributed by atoms with Gasteiger partial charge in [0, 0.05) is 6.08 Å². The second kappa shape index (κ2) is 7.42. The fraction of sp³-hybridized carbons (Fsp3) is 0.286. The number of ether oxygens (including phenoxy) is 1. The highest BCUT2D eigenvalue weighted by molar-refractivity contribution is 5.85. The summed E-state index contributed by atoms with van der Waals surface area (Å²) in [4.78, 5) is 21.4. The zero-order valence-electron chi connectivity index (χ0n) is 10.9. The number of rotatable bonds is 6. The molecule has 0 aliphatic rings.